The van der Waals surface area contributed by atoms with Gasteiger partial charge >= 0.3 is 0 Å². The number of nitrogens with zero attached hydrogens (tertiary/aromatic N) is 2. The second kappa shape index (κ2) is 9.99. The van der Waals surface area contributed by atoms with Gasteiger partial charge in [0.25, 0.3) is 0 Å². The van der Waals surface area contributed by atoms with Gasteiger partial charge in [-0.2, -0.15) is 0 Å². The molecule has 180 valence electrons. The van der Waals surface area contributed by atoms with E-state index in [9.17, 15) is 13.2 Å². The average Bonchev–Trinajstić information content (AvgIpc) is 3.23. The Balaban J connectivity index is 1.60. The Morgan fingerprint density at radius 1 is 1.03 bits per heavy atom. The minimum absolute atomic E-state index is 0.0272. The van der Waals surface area contributed by atoms with Crippen molar-refractivity contribution >= 4 is 23.4 Å². The minimum atomic E-state index is -0.610. The first-order valence-electron chi connectivity index (χ1n) is 11.2. The molecule has 0 radical (unpaired) electrons. The first-order chi connectivity index (χ1) is 16.9. The van der Waals surface area contributed by atoms with Crippen molar-refractivity contribution in [1.29, 1.82) is 0 Å². The van der Waals surface area contributed by atoms with Crippen LogP contribution in [0.2, 0.25) is 5.02 Å². The Bertz CT molecular complexity index is 1370. The van der Waals surface area contributed by atoms with Crippen molar-refractivity contribution in [2.75, 3.05) is 7.11 Å². The van der Waals surface area contributed by atoms with Gasteiger partial charge in [-0.25, -0.2) is 18.2 Å². The molecule has 0 aliphatic heterocycles. The summed E-state index contributed by atoms with van der Waals surface area (Å²) in [5, 5.41) is 1.22. The van der Waals surface area contributed by atoms with Gasteiger partial charge in [-0.1, -0.05) is 35.5 Å². The van der Waals surface area contributed by atoms with E-state index in [0.29, 0.717) is 21.5 Å². The monoisotopic (exact) mass is 514 g/mol. The smallest absolute Gasteiger partial charge is 0.173 e. The van der Waals surface area contributed by atoms with Gasteiger partial charge < -0.3 is 4.74 Å². The van der Waals surface area contributed by atoms with Crippen molar-refractivity contribution in [2.45, 2.75) is 36.1 Å². The highest BCUT2D eigenvalue weighted by Crippen LogP contribution is 2.42. The molecule has 1 aliphatic rings. The van der Waals surface area contributed by atoms with Crippen LogP contribution in [-0.2, 0) is 12.2 Å². The Morgan fingerprint density at radius 2 is 1.80 bits per heavy atom. The summed E-state index contributed by atoms with van der Waals surface area (Å²) in [6.45, 7) is 0. The highest BCUT2D eigenvalue weighted by atomic mass is 35.5. The predicted molar refractivity (Wildman–Crippen MR) is 132 cm³/mol. The van der Waals surface area contributed by atoms with Crippen LogP contribution >= 0.6 is 23.4 Å². The molecule has 0 fully saturated rings. The maximum atomic E-state index is 14.3. The topological polar surface area (TPSA) is 27.1 Å². The zero-order valence-corrected chi connectivity index (χ0v) is 20.5. The fourth-order valence-corrected chi connectivity index (χ4v) is 5.76. The molecule has 0 saturated carbocycles. The van der Waals surface area contributed by atoms with Crippen LogP contribution in [0.3, 0.4) is 0 Å². The van der Waals surface area contributed by atoms with Crippen LogP contribution in [0, 0.1) is 17.5 Å². The van der Waals surface area contributed by atoms with Gasteiger partial charge in [0.05, 0.1) is 23.5 Å². The maximum Gasteiger partial charge on any atom is 0.173 e. The fraction of sp³-hybridized carbons (Fsp3) is 0.222. The number of hydrogen-bond donors (Lipinski definition) is 0. The third-order valence-corrected chi connectivity index (χ3v) is 7.53. The van der Waals surface area contributed by atoms with Crippen LogP contribution in [0.15, 0.2) is 65.8 Å². The van der Waals surface area contributed by atoms with Crippen LogP contribution in [-0.4, -0.2) is 16.7 Å². The van der Waals surface area contributed by atoms with E-state index in [1.165, 1.54) is 36.0 Å². The standard InChI is InChI=1S/C27H22ClF3N2OS/c1-34-25-13-16(6-12-22(25)28)21-3-2-4-24-26(21)33(20-10-8-18(29)9-11-20)27(32-24)35-15-17-5-7-19(30)14-23(17)31/h5-14,21H,2-4,15H2,1H3. The number of methoxy groups -OCH3 is 1. The number of hydrogen-bond acceptors (Lipinski definition) is 3. The van der Waals surface area contributed by atoms with E-state index < -0.39 is 11.6 Å². The van der Waals surface area contributed by atoms with Gasteiger partial charge in [-0.05, 0) is 72.9 Å². The first kappa shape index (κ1) is 23.8. The lowest BCUT2D eigenvalue weighted by atomic mass is 9.84. The minimum Gasteiger partial charge on any atom is -0.495 e. The van der Waals surface area contributed by atoms with Gasteiger partial charge in [0, 0.05) is 23.4 Å². The summed E-state index contributed by atoms with van der Waals surface area (Å²) in [6, 6.07) is 15.6. The number of ether oxygens (including phenoxy) is 1. The second-order valence-electron chi connectivity index (χ2n) is 8.40. The largest absolute Gasteiger partial charge is 0.495 e. The lowest BCUT2D eigenvalue weighted by Gasteiger charge is -2.25. The van der Waals surface area contributed by atoms with Crippen LogP contribution in [0.1, 0.15) is 41.3 Å². The number of thioether (sulfide) groups is 1. The van der Waals surface area contributed by atoms with Gasteiger partial charge in [-0.3, -0.25) is 4.57 Å². The lowest BCUT2D eigenvalue weighted by Crippen LogP contribution is -2.15. The Morgan fingerprint density at radius 3 is 2.54 bits per heavy atom. The summed E-state index contributed by atoms with van der Waals surface area (Å²) in [6.07, 6.45) is 2.67. The molecule has 0 amide bonds. The molecule has 3 aromatic carbocycles. The normalized spacial score (nSPS) is 15.2. The first-order valence-corrected chi connectivity index (χ1v) is 12.6. The van der Waals surface area contributed by atoms with Crippen molar-refractivity contribution < 1.29 is 17.9 Å². The van der Waals surface area contributed by atoms with E-state index in [1.54, 1.807) is 19.2 Å². The molecule has 1 heterocycles. The third kappa shape index (κ3) is 4.80. The predicted octanol–water partition coefficient (Wildman–Crippen LogP) is 7.71. The second-order valence-corrected chi connectivity index (χ2v) is 9.75. The van der Waals surface area contributed by atoms with Gasteiger partial charge in [0.15, 0.2) is 5.16 Å². The van der Waals surface area contributed by atoms with Gasteiger partial charge in [-0.15, -0.1) is 0 Å². The lowest BCUT2D eigenvalue weighted by molar-refractivity contribution is 0.414. The molecule has 0 N–H and O–H groups in total. The van der Waals surface area contributed by atoms with E-state index in [2.05, 4.69) is 0 Å². The molecular formula is C27H22ClF3N2OS. The molecule has 0 spiro atoms. The van der Waals surface area contributed by atoms with Crippen LogP contribution in [0.5, 0.6) is 5.75 Å². The van der Waals surface area contributed by atoms with E-state index in [-0.39, 0.29) is 17.5 Å². The van der Waals surface area contributed by atoms with Crippen LogP contribution in [0.4, 0.5) is 13.2 Å². The highest BCUT2D eigenvalue weighted by molar-refractivity contribution is 7.98. The molecular weight excluding hydrogens is 493 g/mol. The molecule has 4 aromatic rings. The summed E-state index contributed by atoms with van der Waals surface area (Å²) >= 11 is 7.64. The van der Waals surface area contributed by atoms with Crippen molar-refractivity contribution in [3.05, 3.63) is 106 Å². The number of aryl methyl sites for hydroxylation is 1. The summed E-state index contributed by atoms with van der Waals surface area (Å²) in [7, 11) is 1.59. The fourth-order valence-electron chi connectivity index (χ4n) is 4.54. The van der Waals surface area contributed by atoms with Crippen molar-refractivity contribution in [3.8, 4) is 11.4 Å². The summed E-state index contributed by atoms with van der Waals surface area (Å²) in [5.74, 6) is -0.619. The molecule has 35 heavy (non-hydrogen) atoms. The number of imidazole rings is 1. The Hall–Kier alpha value is -2.90. The molecule has 5 rings (SSSR count). The van der Waals surface area contributed by atoms with Crippen LogP contribution in [0.25, 0.3) is 5.69 Å². The SMILES string of the molecule is COc1cc(C2CCCc3nc(SCc4ccc(F)cc4F)n(-c4ccc(F)cc4)c32)ccc1Cl. The number of rotatable bonds is 6. The Kier molecular flexibility index (Phi) is 6.80. The third-order valence-electron chi connectivity index (χ3n) is 6.23. The van der Waals surface area contributed by atoms with E-state index in [4.69, 9.17) is 21.3 Å². The van der Waals surface area contributed by atoms with E-state index in [0.717, 1.165) is 48.0 Å². The average molecular weight is 515 g/mol. The molecule has 1 atom stereocenters. The molecule has 8 heteroatoms. The van der Waals surface area contributed by atoms with E-state index in [1.807, 2.05) is 22.8 Å². The number of aromatic nitrogens is 2. The maximum absolute atomic E-state index is 14.3. The Labute approximate surface area is 210 Å². The van der Waals surface area contributed by atoms with Gasteiger partial charge in [0.2, 0.25) is 0 Å². The molecule has 1 aromatic heterocycles. The van der Waals surface area contributed by atoms with Crippen molar-refractivity contribution in [1.82, 2.24) is 9.55 Å². The molecule has 0 bridgehead atoms. The van der Waals surface area contributed by atoms with Crippen LogP contribution < -0.4 is 4.74 Å². The summed E-state index contributed by atoms with van der Waals surface area (Å²) in [5.41, 5.74) is 4.20. The number of halogens is 4. The van der Waals surface area contributed by atoms with Gasteiger partial charge in [0.1, 0.15) is 23.2 Å². The number of fused-ring (bicyclic) bond motifs is 1. The summed E-state index contributed by atoms with van der Waals surface area (Å²) in [4.78, 5) is 4.93. The number of benzene rings is 3. The molecule has 1 aliphatic carbocycles. The molecule has 0 saturated heterocycles. The highest BCUT2D eigenvalue weighted by Gasteiger charge is 2.30. The zero-order chi connectivity index (χ0) is 24.5. The zero-order valence-electron chi connectivity index (χ0n) is 18.9. The molecule has 1 unspecified atom stereocenters. The molecule has 3 nitrogen and oxygen atoms in total. The quantitative estimate of drug-likeness (QED) is 0.246. The van der Waals surface area contributed by atoms with Crippen molar-refractivity contribution in [2.24, 2.45) is 0 Å². The summed E-state index contributed by atoms with van der Waals surface area (Å²) < 4.78 is 48.9. The van der Waals surface area contributed by atoms with E-state index >= 15 is 0 Å². The van der Waals surface area contributed by atoms with Crippen molar-refractivity contribution in [3.63, 3.8) is 0 Å².